The van der Waals surface area contributed by atoms with Crippen LogP contribution in [-0.4, -0.2) is 53.2 Å². The van der Waals surface area contributed by atoms with Gasteiger partial charge in [-0.25, -0.2) is 9.97 Å². The molecule has 146 valence electrons. The van der Waals surface area contributed by atoms with E-state index in [9.17, 15) is 0 Å². The van der Waals surface area contributed by atoms with E-state index < -0.39 is 0 Å². The van der Waals surface area contributed by atoms with Crippen molar-refractivity contribution in [2.75, 3.05) is 31.6 Å². The molecule has 1 saturated heterocycles. The van der Waals surface area contributed by atoms with E-state index in [0.29, 0.717) is 6.04 Å². The molecule has 0 bridgehead atoms. The van der Waals surface area contributed by atoms with Gasteiger partial charge in [0.15, 0.2) is 5.96 Å². The summed E-state index contributed by atoms with van der Waals surface area (Å²) in [5.74, 6) is 3.06. The summed E-state index contributed by atoms with van der Waals surface area (Å²) in [4.78, 5) is 15.4. The van der Waals surface area contributed by atoms with Gasteiger partial charge in [-0.3, -0.25) is 4.99 Å². The summed E-state index contributed by atoms with van der Waals surface area (Å²) in [6, 6.07) is 6.56. The summed E-state index contributed by atoms with van der Waals surface area (Å²) < 4.78 is 2.20. The summed E-state index contributed by atoms with van der Waals surface area (Å²) >= 11 is 0. The second-order valence-corrected chi connectivity index (χ2v) is 6.97. The van der Waals surface area contributed by atoms with Crippen LogP contribution in [0.5, 0.6) is 0 Å². The Bertz CT molecular complexity index is 702. The maximum Gasteiger partial charge on any atom is 0.191 e. The van der Waals surface area contributed by atoms with Crippen LogP contribution < -0.4 is 15.5 Å². The van der Waals surface area contributed by atoms with Gasteiger partial charge in [0.1, 0.15) is 11.6 Å². The van der Waals surface area contributed by atoms with Gasteiger partial charge in [0.25, 0.3) is 0 Å². The molecule has 1 fully saturated rings. The number of guanidine groups is 1. The second kappa shape index (κ2) is 9.94. The minimum Gasteiger partial charge on any atom is -0.356 e. The van der Waals surface area contributed by atoms with Gasteiger partial charge in [-0.15, -0.1) is 0 Å². The number of nitrogens with one attached hydrogen (secondary N) is 2. The van der Waals surface area contributed by atoms with Crippen molar-refractivity contribution in [2.24, 2.45) is 4.99 Å². The summed E-state index contributed by atoms with van der Waals surface area (Å²) in [5, 5.41) is 7.01. The zero-order chi connectivity index (χ0) is 18.9. The van der Waals surface area contributed by atoms with Crippen molar-refractivity contribution in [2.45, 2.75) is 45.2 Å². The molecule has 0 unspecified atom stereocenters. The predicted octanol–water partition coefficient (Wildman–Crippen LogP) is 2.20. The molecule has 0 saturated carbocycles. The summed E-state index contributed by atoms with van der Waals surface area (Å²) in [5.41, 5.74) is 0. The molecule has 0 aliphatic carbocycles. The molecule has 2 N–H and O–H groups in total. The fraction of sp³-hybridized carbons (Fsp3) is 0.550. The average Bonchev–Trinajstić information content (AvgIpc) is 3.13. The van der Waals surface area contributed by atoms with Gasteiger partial charge in [-0.05, 0) is 44.7 Å². The van der Waals surface area contributed by atoms with Crippen LogP contribution in [0.2, 0.25) is 0 Å². The molecule has 0 aromatic carbocycles. The Morgan fingerprint density at radius 2 is 2.04 bits per heavy atom. The molecule has 7 heteroatoms. The molecule has 2 aromatic heterocycles. The standard InChI is InChI=1S/C20H31N7/c1-17-22-12-16-26(17)13-6-5-11-24-20(21-2)25-18-8-14-27(15-9-18)19-7-3-4-10-23-19/h3-4,7,10,12,16,18H,5-6,8-9,11,13-15H2,1-2H3,(H2,21,24,25). The summed E-state index contributed by atoms with van der Waals surface area (Å²) in [6.07, 6.45) is 10.2. The lowest BCUT2D eigenvalue weighted by Gasteiger charge is -2.33. The van der Waals surface area contributed by atoms with E-state index in [-0.39, 0.29) is 0 Å². The Morgan fingerprint density at radius 3 is 2.70 bits per heavy atom. The lowest BCUT2D eigenvalue weighted by atomic mass is 10.1. The Balaban J connectivity index is 1.33. The van der Waals surface area contributed by atoms with E-state index in [4.69, 9.17) is 0 Å². The molecular weight excluding hydrogens is 338 g/mol. The molecule has 0 radical (unpaired) electrons. The summed E-state index contributed by atoms with van der Waals surface area (Å²) in [7, 11) is 1.84. The Hall–Kier alpha value is -2.57. The van der Waals surface area contributed by atoms with Crippen LogP contribution in [0.1, 0.15) is 31.5 Å². The van der Waals surface area contributed by atoms with E-state index >= 15 is 0 Å². The van der Waals surface area contributed by atoms with Crippen LogP contribution in [0, 0.1) is 6.92 Å². The molecule has 1 aliphatic heterocycles. The van der Waals surface area contributed by atoms with Crippen molar-refractivity contribution in [1.29, 1.82) is 0 Å². The smallest absolute Gasteiger partial charge is 0.191 e. The lowest BCUT2D eigenvalue weighted by Crippen LogP contribution is -2.49. The molecule has 7 nitrogen and oxygen atoms in total. The van der Waals surface area contributed by atoms with Crippen LogP contribution in [-0.2, 0) is 6.54 Å². The van der Waals surface area contributed by atoms with Gasteiger partial charge in [-0.2, -0.15) is 0 Å². The fourth-order valence-corrected chi connectivity index (χ4v) is 3.44. The van der Waals surface area contributed by atoms with Crippen LogP contribution in [0.4, 0.5) is 5.82 Å². The van der Waals surface area contributed by atoms with Gasteiger partial charge in [-0.1, -0.05) is 6.07 Å². The highest BCUT2D eigenvalue weighted by Gasteiger charge is 2.20. The third-order valence-corrected chi connectivity index (χ3v) is 5.07. The largest absolute Gasteiger partial charge is 0.356 e. The highest BCUT2D eigenvalue weighted by molar-refractivity contribution is 5.79. The molecule has 27 heavy (non-hydrogen) atoms. The van der Waals surface area contributed by atoms with Gasteiger partial charge in [0.2, 0.25) is 0 Å². The second-order valence-electron chi connectivity index (χ2n) is 6.97. The van der Waals surface area contributed by atoms with Crippen molar-refractivity contribution in [3.63, 3.8) is 0 Å². The van der Waals surface area contributed by atoms with Gasteiger partial charge in [0, 0.05) is 57.9 Å². The highest BCUT2D eigenvalue weighted by Crippen LogP contribution is 2.17. The van der Waals surface area contributed by atoms with Gasteiger partial charge in [0.05, 0.1) is 0 Å². The summed E-state index contributed by atoms with van der Waals surface area (Å²) in [6.45, 7) is 6.04. The van der Waals surface area contributed by atoms with Crippen molar-refractivity contribution < 1.29 is 0 Å². The monoisotopic (exact) mass is 369 g/mol. The zero-order valence-corrected chi connectivity index (χ0v) is 16.4. The van der Waals surface area contributed by atoms with Crippen molar-refractivity contribution in [1.82, 2.24) is 25.2 Å². The first-order valence-electron chi connectivity index (χ1n) is 9.87. The number of hydrogen-bond donors (Lipinski definition) is 2. The molecule has 0 amide bonds. The SMILES string of the molecule is CN=C(NCCCCn1ccnc1C)NC1CCN(c2ccccn2)CC1. The van der Waals surface area contributed by atoms with Crippen LogP contribution >= 0.6 is 0 Å². The van der Waals surface area contributed by atoms with Crippen LogP contribution in [0.15, 0.2) is 41.8 Å². The molecule has 3 heterocycles. The minimum atomic E-state index is 0.463. The maximum atomic E-state index is 4.45. The average molecular weight is 370 g/mol. The number of nitrogens with zero attached hydrogens (tertiary/aromatic N) is 5. The minimum absolute atomic E-state index is 0.463. The third-order valence-electron chi connectivity index (χ3n) is 5.07. The van der Waals surface area contributed by atoms with Crippen molar-refractivity contribution in [3.8, 4) is 0 Å². The highest BCUT2D eigenvalue weighted by atomic mass is 15.2. The first kappa shape index (κ1) is 19.2. The Kier molecular flexibility index (Phi) is 7.07. The third kappa shape index (κ3) is 5.70. The molecule has 0 spiro atoms. The number of unbranched alkanes of at least 4 members (excludes halogenated alkanes) is 1. The van der Waals surface area contributed by atoms with E-state index in [1.54, 1.807) is 0 Å². The molecule has 2 aromatic rings. The number of aromatic nitrogens is 3. The van der Waals surface area contributed by atoms with Crippen molar-refractivity contribution in [3.05, 3.63) is 42.6 Å². The van der Waals surface area contributed by atoms with Gasteiger partial charge < -0.3 is 20.1 Å². The lowest BCUT2D eigenvalue weighted by molar-refractivity contribution is 0.459. The number of hydrogen-bond acceptors (Lipinski definition) is 4. The molecule has 3 rings (SSSR count). The number of aryl methyl sites for hydroxylation is 2. The fourth-order valence-electron chi connectivity index (χ4n) is 3.44. The normalized spacial score (nSPS) is 15.8. The van der Waals surface area contributed by atoms with E-state index in [0.717, 1.165) is 69.5 Å². The number of pyridine rings is 1. The maximum absolute atomic E-state index is 4.45. The van der Waals surface area contributed by atoms with E-state index in [2.05, 4.69) is 41.1 Å². The number of aliphatic imine (C=N–C) groups is 1. The van der Waals surface area contributed by atoms with Crippen LogP contribution in [0.25, 0.3) is 0 Å². The number of anilines is 1. The zero-order valence-electron chi connectivity index (χ0n) is 16.4. The van der Waals surface area contributed by atoms with Crippen LogP contribution in [0.3, 0.4) is 0 Å². The predicted molar refractivity (Wildman–Crippen MR) is 110 cm³/mol. The Morgan fingerprint density at radius 1 is 1.19 bits per heavy atom. The number of imidazole rings is 1. The quantitative estimate of drug-likeness (QED) is 0.445. The molecule has 1 aliphatic rings. The molecule has 0 atom stereocenters. The molecular formula is C20H31N7. The number of rotatable bonds is 7. The van der Waals surface area contributed by atoms with Crippen molar-refractivity contribution >= 4 is 11.8 Å². The van der Waals surface area contributed by atoms with Gasteiger partial charge >= 0.3 is 0 Å². The number of piperidine rings is 1. The van der Waals surface area contributed by atoms with E-state index in [1.165, 1.54) is 0 Å². The first-order valence-corrected chi connectivity index (χ1v) is 9.87. The topological polar surface area (TPSA) is 70.4 Å². The van der Waals surface area contributed by atoms with E-state index in [1.807, 2.05) is 44.7 Å². The Labute approximate surface area is 161 Å². The first-order chi connectivity index (χ1) is 13.3.